The smallest absolute Gasteiger partial charge is 0.329 e. The molecule has 0 rings (SSSR count). The van der Waals surface area contributed by atoms with E-state index >= 15 is 0 Å². The van der Waals surface area contributed by atoms with Crippen molar-refractivity contribution in [2.45, 2.75) is 103 Å². The van der Waals surface area contributed by atoms with E-state index in [1.165, 1.54) is 38.5 Å². The quantitative estimate of drug-likeness (QED) is 0.250. The maximum atomic E-state index is 11.8. The first kappa shape index (κ1) is 29.8. The molecule has 0 spiro atoms. The molecule has 0 amide bonds. The Labute approximate surface area is 182 Å². The maximum Gasteiger partial charge on any atom is 0.329 e. The molecule has 0 bridgehead atoms. The zero-order valence-corrected chi connectivity index (χ0v) is 20.6. The number of hydrogen-bond acceptors (Lipinski definition) is 4. The third-order valence-electron chi connectivity index (χ3n) is 4.97. The Morgan fingerprint density at radius 2 is 1.18 bits per heavy atom. The SMILES string of the molecule is CCC(=O)O.CCCCC(CC)CSC(C)(SCC(CC)CCCC)C(=O)O. The average Bonchev–Trinajstić information content (AvgIpc) is 2.68. The van der Waals surface area contributed by atoms with E-state index in [1.807, 2.05) is 6.92 Å². The standard InChI is InChI=1S/C19H38O2S2.C3H6O2/c1-6-10-12-16(8-3)14-22-19(5,18(20)21)23-15-17(9-4)13-11-7-2;1-2-3(4)5/h16-17H,6-15H2,1-5H3,(H,20,21);2H2,1H3,(H,4,5). The molecule has 0 heterocycles. The number of unbranched alkanes of at least 4 members (excludes halogenated alkanes) is 2. The lowest BCUT2D eigenvalue weighted by Crippen LogP contribution is -2.30. The minimum atomic E-state index is -0.745. The van der Waals surface area contributed by atoms with Gasteiger partial charge in [-0.25, -0.2) is 4.79 Å². The van der Waals surface area contributed by atoms with Crippen molar-refractivity contribution >= 4 is 35.5 Å². The molecule has 0 aliphatic rings. The molecule has 2 unspecified atom stereocenters. The van der Waals surface area contributed by atoms with Crippen molar-refractivity contribution in [2.24, 2.45) is 11.8 Å². The summed E-state index contributed by atoms with van der Waals surface area (Å²) >= 11 is 3.31. The van der Waals surface area contributed by atoms with Crippen molar-refractivity contribution in [3.05, 3.63) is 0 Å². The summed E-state index contributed by atoms with van der Waals surface area (Å²) in [5.74, 6) is 1.84. The van der Waals surface area contributed by atoms with E-state index in [-0.39, 0.29) is 6.42 Å². The fourth-order valence-electron chi connectivity index (χ4n) is 2.52. The molecule has 0 aromatic rings. The topological polar surface area (TPSA) is 74.6 Å². The third kappa shape index (κ3) is 15.5. The van der Waals surface area contributed by atoms with Crippen LogP contribution in [-0.4, -0.2) is 37.7 Å². The Bertz CT molecular complexity index is 382. The van der Waals surface area contributed by atoms with E-state index < -0.39 is 16.0 Å². The predicted molar refractivity (Wildman–Crippen MR) is 125 cm³/mol. The summed E-state index contributed by atoms with van der Waals surface area (Å²) < 4.78 is -0.695. The van der Waals surface area contributed by atoms with Gasteiger partial charge in [0.15, 0.2) is 4.08 Å². The Kier molecular flexibility index (Phi) is 19.9. The Morgan fingerprint density at radius 3 is 1.39 bits per heavy atom. The number of carboxylic acid groups (broad SMARTS) is 2. The number of hydrogen-bond donors (Lipinski definition) is 2. The number of carbonyl (C=O) groups is 2. The van der Waals surface area contributed by atoms with E-state index in [9.17, 15) is 14.7 Å². The molecule has 0 radical (unpaired) electrons. The van der Waals surface area contributed by atoms with Crippen molar-refractivity contribution in [3.63, 3.8) is 0 Å². The van der Waals surface area contributed by atoms with Gasteiger partial charge in [-0.15, -0.1) is 23.5 Å². The third-order valence-corrected chi connectivity index (χ3v) is 8.40. The summed E-state index contributed by atoms with van der Waals surface area (Å²) in [7, 11) is 0. The minimum absolute atomic E-state index is 0.222. The van der Waals surface area contributed by atoms with Gasteiger partial charge in [-0.1, -0.05) is 73.1 Å². The van der Waals surface area contributed by atoms with Gasteiger partial charge in [0.1, 0.15) is 0 Å². The number of aliphatic carboxylic acids is 2. The van der Waals surface area contributed by atoms with Crippen molar-refractivity contribution < 1.29 is 19.8 Å². The van der Waals surface area contributed by atoms with Gasteiger partial charge in [-0.2, -0.15) is 0 Å². The lowest BCUT2D eigenvalue weighted by molar-refractivity contribution is -0.137. The summed E-state index contributed by atoms with van der Waals surface area (Å²) in [5, 5.41) is 17.4. The van der Waals surface area contributed by atoms with Crippen molar-refractivity contribution in [3.8, 4) is 0 Å². The molecule has 0 fully saturated rings. The van der Waals surface area contributed by atoms with E-state index in [1.54, 1.807) is 30.4 Å². The van der Waals surface area contributed by atoms with Crippen molar-refractivity contribution in [1.29, 1.82) is 0 Å². The van der Waals surface area contributed by atoms with Gasteiger partial charge >= 0.3 is 11.9 Å². The van der Waals surface area contributed by atoms with Crippen molar-refractivity contribution in [2.75, 3.05) is 11.5 Å². The van der Waals surface area contributed by atoms with Gasteiger partial charge < -0.3 is 10.2 Å². The molecule has 0 aliphatic carbocycles. The van der Waals surface area contributed by atoms with Gasteiger partial charge in [-0.05, 0) is 43.1 Å². The van der Waals surface area contributed by atoms with Crippen LogP contribution in [0, 0.1) is 11.8 Å². The van der Waals surface area contributed by atoms with E-state index in [0.29, 0.717) is 11.8 Å². The second-order valence-corrected chi connectivity index (χ2v) is 10.6. The van der Waals surface area contributed by atoms with Crippen LogP contribution in [0.3, 0.4) is 0 Å². The number of thioether (sulfide) groups is 2. The van der Waals surface area contributed by atoms with E-state index in [0.717, 1.165) is 24.3 Å². The molecule has 0 aromatic heterocycles. The van der Waals surface area contributed by atoms with Gasteiger partial charge in [-0.3, -0.25) is 4.79 Å². The van der Waals surface area contributed by atoms with Crippen LogP contribution >= 0.6 is 23.5 Å². The minimum Gasteiger partial charge on any atom is -0.481 e. The summed E-state index contributed by atoms with van der Waals surface area (Å²) in [6.45, 7) is 12.4. The second kappa shape index (κ2) is 18.7. The van der Waals surface area contributed by atoms with Gasteiger partial charge in [0, 0.05) is 6.42 Å². The largest absolute Gasteiger partial charge is 0.481 e. The van der Waals surface area contributed by atoms with Crippen LogP contribution in [-0.2, 0) is 9.59 Å². The summed E-state index contributed by atoms with van der Waals surface area (Å²) in [6.07, 6.45) is 9.95. The lowest BCUT2D eigenvalue weighted by Gasteiger charge is -2.28. The normalized spacial score (nSPS) is 15.1. The highest BCUT2D eigenvalue weighted by molar-refractivity contribution is 8.19. The fourth-order valence-corrected chi connectivity index (χ4v) is 5.42. The molecule has 4 nitrogen and oxygen atoms in total. The summed E-state index contributed by atoms with van der Waals surface area (Å²) in [6, 6.07) is 0. The van der Waals surface area contributed by atoms with E-state index in [2.05, 4.69) is 27.7 Å². The molecule has 2 N–H and O–H groups in total. The average molecular weight is 437 g/mol. The van der Waals surface area contributed by atoms with Gasteiger partial charge in [0.25, 0.3) is 0 Å². The second-order valence-electron chi connectivity index (χ2n) is 7.45. The highest BCUT2D eigenvalue weighted by Gasteiger charge is 2.35. The lowest BCUT2D eigenvalue weighted by atomic mass is 10.0. The van der Waals surface area contributed by atoms with Gasteiger partial charge in [0.2, 0.25) is 0 Å². The van der Waals surface area contributed by atoms with Crippen LogP contribution in [0.5, 0.6) is 0 Å². The monoisotopic (exact) mass is 436 g/mol. The predicted octanol–water partition coefficient (Wildman–Crippen LogP) is 7.17. The zero-order valence-electron chi connectivity index (χ0n) is 19.0. The maximum absolute atomic E-state index is 11.8. The molecule has 0 saturated heterocycles. The fraction of sp³-hybridized carbons (Fsp3) is 0.909. The number of carboxylic acids is 2. The molecule has 6 heteroatoms. The molecular weight excluding hydrogens is 392 g/mol. The van der Waals surface area contributed by atoms with Crippen molar-refractivity contribution in [1.82, 2.24) is 0 Å². The first-order chi connectivity index (χ1) is 13.2. The zero-order chi connectivity index (χ0) is 22.0. The molecule has 168 valence electrons. The van der Waals surface area contributed by atoms with Crippen LogP contribution in [0.2, 0.25) is 0 Å². The first-order valence-electron chi connectivity index (χ1n) is 10.9. The Balaban J connectivity index is 0. The number of rotatable bonds is 16. The molecule has 0 saturated carbocycles. The summed E-state index contributed by atoms with van der Waals surface area (Å²) in [4.78, 5) is 21.2. The molecule has 0 aromatic carbocycles. The highest BCUT2D eigenvalue weighted by Crippen LogP contribution is 2.41. The Morgan fingerprint density at radius 1 is 0.821 bits per heavy atom. The van der Waals surface area contributed by atoms with Crippen LogP contribution in [0.15, 0.2) is 0 Å². The van der Waals surface area contributed by atoms with E-state index in [4.69, 9.17) is 5.11 Å². The van der Waals surface area contributed by atoms with Crippen LogP contribution in [0.4, 0.5) is 0 Å². The summed E-state index contributed by atoms with van der Waals surface area (Å²) in [5.41, 5.74) is 0. The Hall–Kier alpha value is -0.360. The van der Waals surface area contributed by atoms with Crippen LogP contribution in [0.1, 0.15) is 99.3 Å². The van der Waals surface area contributed by atoms with Crippen LogP contribution in [0.25, 0.3) is 0 Å². The highest BCUT2D eigenvalue weighted by atomic mass is 32.2. The molecule has 28 heavy (non-hydrogen) atoms. The molecule has 0 aliphatic heterocycles. The van der Waals surface area contributed by atoms with Gasteiger partial charge in [0.05, 0.1) is 0 Å². The molecule has 2 atom stereocenters. The first-order valence-corrected chi connectivity index (χ1v) is 12.9. The van der Waals surface area contributed by atoms with Crippen LogP contribution < -0.4 is 0 Å². The molecular formula is C22H44O4S2.